The molecule has 52 heavy (non-hydrogen) atoms. The number of imide groups is 1. The van der Waals surface area contributed by atoms with Crippen molar-refractivity contribution >= 4 is 51.6 Å². The molecule has 2 atom stereocenters. The standard InChI is InChI=1S/C35H38F3N7O7/c1-33(2,3)51-31(48)45(32(49)52-34(4,5)6)28-21-14-39-44(9)26(21)20-12-18-19(13-22(20)41-28)29(46)43(8)27(18)30(47)42(7)24-16-50-15-23-17(24)10-11-25(40-23)35(36,37)38/h10-14,24,27H,15-16H2,1-9H3. The van der Waals surface area contributed by atoms with Crippen molar-refractivity contribution < 1.29 is 46.6 Å². The van der Waals surface area contributed by atoms with E-state index in [-0.39, 0.29) is 41.2 Å². The fourth-order valence-electron chi connectivity index (χ4n) is 6.35. The fourth-order valence-corrected chi connectivity index (χ4v) is 6.35. The Morgan fingerprint density at radius 2 is 1.56 bits per heavy atom. The average molecular weight is 726 g/mol. The van der Waals surface area contributed by atoms with Crippen LogP contribution < -0.4 is 4.90 Å². The molecule has 14 nitrogen and oxygen atoms in total. The molecule has 6 rings (SSSR count). The number of ether oxygens (including phenoxy) is 3. The van der Waals surface area contributed by atoms with Gasteiger partial charge in [-0.05, 0) is 65.3 Å². The van der Waals surface area contributed by atoms with Crippen LogP contribution in [0.2, 0.25) is 0 Å². The molecule has 0 saturated heterocycles. The normalized spacial score (nSPS) is 17.6. The molecule has 0 spiro atoms. The van der Waals surface area contributed by atoms with Crippen LogP contribution in [0.4, 0.5) is 28.6 Å². The smallest absolute Gasteiger partial charge is 0.433 e. The molecule has 0 aliphatic carbocycles. The number of likely N-dealkylation sites (N-methyl/N-ethyl adjacent to an activating group) is 2. The Morgan fingerprint density at radius 3 is 2.15 bits per heavy atom. The minimum atomic E-state index is -4.65. The molecule has 4 aromatic rings. The molecule has 0 bridgehead atoms. The first-order valence-electron chi connectivity index (χ1n) is 16.3. The average Bonchev–Trinajstić information content (AvgIpc) is 3.53. The van der Waals surface area contributed by atoms with Crippen LogP contribution in [0.1, 0.15) is 86.5 Å². The highest BCUT2D eigenvalue weighted by Gasteiger charge is 2.44. The van der Waals surface area contributed by atoms with Crippen molar-refractivity contribution in [2.24, 2.45) is 7.05 Å². The number of fused-ring (bicyclic) bond motifs is 5. The third-order valence-electron chi connectivity index (χ3n) is 8.65. The fraction of sp³-hybridized carbons (Fsp3) is 0.457. The summed E-state index contributed by atoms with van der Waals surface area (Å²) in [7, 11) is 4.61. The summed E-state index contributed by atoms with van der Waals surface area (Å²) in [5.74, 6) is -1.14. The molecule has 17 heteroatoms. The third kappa shape index (κ3) is 6.48. The summed E-state index contributed by atoms with van der Waals surface area (Å²) in [6, 6.07) is 3.41. The highest BCUT2D eigenvalue weighted by molar-refractivity contribution is 6.19. The van der Waals surface area contributed by atoms with E-state index < -0.39 is 59.2 Å². The van der Waals surface area contributed by atoms with Gasteiger partial charge in [0, 0.05) is 37.7 Å². The number of aromatic nitrogens is 4. The van der Waals surface area contributed by atoms with Crippen molar-refractivity contribution in [2.45, 2.75) is 77.6 Å². The van der Waals surface area contributed by atoms with E-state index >= 15 is 0 Å². The van der Waals surface area contributed by atoms with Crippen LogP contribution in [-0.4, -0.2) is 85.5 Å². The van der Waals surface area contributed by atoms with Crippen molar-refractivity contribution in [2.75, 3.05) is 25.6 Å². The molecular weight excluding hydrogens is 687 g/mol. The molecule has 0 radical (unpaired) electrons. The Labute approximate surface area is 296 Å². The minimum Gasteiger partial charge on any atom is -0.443 e. The third-order valence-corrected chi connectivity index (χ3v) is 8.65. The molecule has 276 valence electrons. The van der Waals surface area contributed by atoms with E-state index in [1.165, 1.54) is 46.9 Å². The van der Waals surface area contributed by atoms with Gasteiger partial charge >= 0.3 is 18.4 Å². The number of alkyl halides is 3. The van der Waals surface area contributed by atoms with Gasteiger partial charge in [-0.25, -0.2) is 19.6 Å². The monoisotopic (exact) mass is 725 g/mol. The highest BCUT2D eigenvalue weighted by Crippen LogP contribution is 2.42. The lowest BCUT2D eigenvalue weighted by atomic mass is 9.97. The predicted molar refractivity (Wildman–Crippen MR) is 180 cm³/mol. The van der Waals surface area contributed by atoms with E-state index in [9.17, 15) is 32.3 Å². The van der Waals surface area contributed by atoms with Gasteiger partial charge in [0.1, 0.15) is 22.9 Å². The molecule has 3 aromatic heterocycles. The molecule has 5 heterocycles. The Kier molecular flexibility index (Phi) is 8.71. The van der Waals surface area contributed by atoms with Crippen molar-refractivity contribution in [1.29, 1.82) is 0 Å². The summed E-state index contributed by atoms with van der Waals surface area (Å²) in [5, 5.41) is 5.12. The van der Waals surface area contributed by atoms with E-state index in [1.54, 1.807) is 54.7 Å². The zero-order valence-corrected chi connectivity index (χ0v) is 30.1. The summed E-state index contributed by atoms with van der Waals surface area (Å²) in [5.41, 5.74) is -1.40. The first-order chi connectivity index (χ1) is 24.1. The zero-order chi connectivity index (χ0) is 38.2. The number of anilines is 1. The van der Waals surface area contributed by atoms with Gasteiger partial charge in [-0.3, -0.25) is 14.3 Å². The van der Waals surface area contributed by atoms with Crippen LogP contribution in [0.5, 0.6) is 0 Å². The molecule has 1 aromatic carbocycles. The Balaban J connectivity index is 1.45. The number of benzene rings is 1. The van der Waals surface area contributed by atoms with Crippen molar-refractivity contribution in [3.63, 3.8) is 0 Å². The van der Waals surface area contributed by atoms with Gasteiger partial charge in [-0.2, -0.15) is 23.2 Å². The predicted octanol–water partition coefficient (Wildman–Crippen LogP) is 6.07. The zero-order valence-electron chi connectivity index (χ0n) is 30.1. The van der Waals surface area contributed by atoms with Gasteiger partial charge in [-0.15, -0.1) is 0 Å². The van der Waals surface area contributed by atoms with E-state index in [4.69, 9.17) is 14.2 Å². The molecular formula is C35H38F3N7O7. The maximum atomic E-state index is 14.3. The maximum absolute atomic E-state index is 14.3. The molecule has 4 amide bonds. The largest absolute Gasteiger partial charge is 0.443 e. The molecule has 2 aliphatic heterocycles. The molecule has 0 fully saturated rings. The second kappa shape index (κ2) is 12.4. The van der Waals surface area contributed by atoms with E-state index in [0.29, 0.717) is 26.9 Å². The summed E-state index contributed by atoms with van der Waals surface area (Å²) >= 11 is 0. The summed E-state index contributed by atoms with van der Waals surface area (Å²) in [4.78, 5) is 66.9. The number of carbonyl (C=O) groups excluding carboxylic acids is 4. The first kappa shape index (κ1) is 36.5. The lowest BCUT2D eigenvalue weighted by Crippen LogP contribution is -2.44. The van der Waals surface area contributed by atoms with Crippen LogP contribution in [0.3, 0.4) is 0 Å². The second-order valence-corrected chi connectivity index (χ2v) is 14.7. The number of aryl methyl sites for hydroxylation is 1. The summed E-state index contributed by atoms with van der Waals surface area (Å²) in [6.45, 7) is 9.73. The lowest BCUT2D eigenvalue weighted by molar-refractivity contribution is -0.142. The topological polar surface area (TPSA) is 149 Å². The van der Waals surface area contributed by atoms with Crippen LogP contribution in [0.25, 0.3) is 21.8 Å². The molecule has 0 N–H and O–H groups in total. The first-order valence-corrected chi connectivity index (χ1v) is 16.3. The number of hydrogen-bond acceptors (Lipinski definition) is 10. The Bertz CT molecular complexity index is 2120. The van der Waals surface area contributed by atoms with Crippen molar-refractivity contribution in [3.05, 3.63) is 58.5 Å². The van der Waals surface area contributed by atoms with Crippen LogP contribution in [-0.2, 0) is 38.8 Å². The van der Waals surface area contributed by atoms with E-state index in [2.05, 4.69) is 15.1 Å². The van der Waals surface area contributed by atoms with E-state index in [0.717, 1.165) is 6.07 Å². The van der Waals surface area contributed by atoms with Crippen molar-refractivity contribution in [3.8, 4) is 0 Å². The second-order valence-electron chi connectivity index (χ2n) is 14.7. The maximum Gasteiger partial charge on any atom is 0.433 e. The lowest BCUT2D eigenvalue weighted by Gasteiger charge is -2.35. The van der Waals surface area contributed by atoms with Crippen molar-refractivity contribution in [1.82, 2.24) is 29.5 Å². The number of hydrogen-bond donors (Lipinski definition) is 0. The molecule has 0 saturated carbocycles. The number of carbonyl (C=O) groups is 4. The van der Waals surface area contributed by atoms with Crippen LogP contribution >= 0.6 is 0 Å². The van der Waals surface area contributed by atoms with Gasteiger partial charge in [0.15, 0.2) is 5.82 Å². The summed E-state index contributed by atoms with van der Waals surface area (Å²) < 4.78 is 58.3. The summed E-state index contributed by atoms with van der Waals surface area (Å²) in [6.07, 6.45) is -5.30. The quantitative estimate of drug-likeness (QED) is 0.244. The number of halogens is 3. The van der Waals surface area contributed by atoms with Crippen LogP contribution in [0, 0.1) is 0 Å². The number of amides is 4. The highest BCUT2D eigenvalue weighted by atomic mass is 19.4. The number of nitrogens with zero attached hydrogens (tertiary/aromatic N) is 7. The number of rotatable bonds is 3. The van der Waals surface area contributed by atoms with Gasteiger partial charge < -0.3 is 24.0 Å². The van der Waals surface area contributed by atoms with E-state index in [1.807, 2.05) is 0 Å². The van der Waals surface area contributed by atoms with Gasteiger partial charge in [0.25, 0.3) is 5.91 Å². The SMILES string of the molecule is CN(C(=O)C1c2cc3c(cc2C(=O)N1C)nc(N(C(=O)OC(C)(C)C)C(=O)OC(C)(C)C)c1cnn(C)c13)C1COCc2nc(C(F)(F)F)ccc21. The number of pyridine rings is 2. The van der Waals surface area contributed by atoms with Crippen LogP contribution in [0.15, 0.2) is 30.5 Å². The Morgan fingerprint density at radius 1 is 0.923 bits per heavy atom. The van der Waals surface area contributed by atoms with Gasteiger partial charge in [0.05, 0.1) is 47.6 Å². The minimum absolute atomic E-state index is 0.00534. The van der Waals surface area contributed by atoms with Gasteiger partial charge in [0.2, 0.25) is 5.91 Å². The Hall–Kier alpha value is -5.32. The molecule has 2 unspecified atom stereocenters. The molecule has 2 aliphatic rings. The van der Waals surface area contributed by atoms with Gasteiger partial charge in [-0.1, -0.05) is 6.07 Å².